The number of hydrogen-bond acceptors (Lipinski definition) is 2. The van der Waals surface area contributed by atoms with Gasteiger partial charge < -0.3 is 10.1 Å². The van der Waals surface area contributed by atoms with E-state index in [4.69, 9.17) is 4.74 Å². The van der Waals surface area contributed by atoms with Crippen LogP contribution in [0.2, 0.25) is 0 Å². The minimum absolute atomic E-state index is 0.305. The van der Waals surface area contributed by atoms with Crippen molar-refractivity contribution < 1.29 is 4.74 Å². The maximum Gasteiger partial charge on any atom is 0.123 e. The van der Waals surface area contributed by atoms with Crippen LogP contribution in [0.4, 0.5) is 0 Å². The average molecular weight is 275 g/mol. The molecule has 1 aromatic carbocycles. The van der Waals surface area contributed by atoms with Gasteiger partial charge in [0.2, 0.25) is 0 Å². The lowest BCUT2D eigenvalue weighted by atomic mass is 9.90. The third-order valence-corrected chi connectivity index (χ3v) is 4.52. The summed E-state index contributed by atoms with van der Waals surface area (Å²) < 4.78 is 6.19. The van der Waals surface area contributed by atoms with Crippen LogP contribution >= 0.6 is 0 Å². The van der Waals surface area contributed by atoms with Crippen molar-refractivity contribution in [3.63, 3.8) is 0 Å². The molecule has 1 aliphatic heterocycles. The molecule has 0 bridgehead atoms. The largest absolute Gasteiger partial charge is 0.488 e. The highest BCUT2D eigenvalue weighted by molar-refractivity contribution is 5.37. The zero-order chi connectivity index (χ0) is 14.4. The van der Waals surface area contributed by atoms with Gasteiger partial charge in [0, 0.05) is 12.5 Å². The van der Waals surface area contributed by atoms with E-state index in [0.717, 1.165) is 24.6 Å². The van der Waals surface area contributed by atoms with E-state index in [9.17, 15) is 0 Å². The maximum atomic E-state index is 6.19. The van der Waals surface area contributed by atoms with Crippen molar-refractivity contribution in [3.05, 3.63) is 29.8 Å². The molecule has 2 unspecified atom stereocenters. The Morgan fingerprint density at radius 3 is 2.60 bits per heavy atom. The summed E-state index contributed by atoms with van der Waals surface area (Å²) in [4.78, 5) is 0. The summed E-state index contributed by atoms with van der Waals surface area (Å²) in [5.74, 6) is 1.89. The third-order valence-electron chi connectivity index (χ3n) is 4.52. The Labute approximate surface area is 123 Å². The molecule has 1 aliphatic rings. The van der Waals surface area contributed by atoms with Gasteiger partial charge in [-0.15, -0.1) is 0 Å². The predicted octanol–water partition coefficient (Wildman–Crippen LogP) is 4.18. The zero-order valence-corrected chi connectivity index (χ0v) is 13.2. The maximum absolute atomic E-state index is 6.19. The summed E-state index contributed by atoms with van der Waals surface area (Å²) in [7, 11) is 0. The quantitative estimate of drug-likeness (QED) is 0.768. The molecule has 20 heavy (non-hydrogen) atoms. The Balaban J connectivity index is 2.01. The Hall–Kier alpha value is -1.02. The summed E-state index contributed by atoms with van der Waals surface area (Å²) in [6.07, 6.45) is 6.29. The molecule has 0 amide bonds. The summed E-state index contributed by atoms with van der Waals surface area (Å²) in [5.41, 5.74) is 1.37. The first-order valence-corrected chi connectivity index (χ1v) is 8.26. The van der Waals surface area contributed by atoms with E-state index in [-0.39, 0.29) is 0 Å². The molecule has 2 nitrogen and oxygen atoms in total. The highest BCUT2D eigenvalue weighted by atomic mass is 16.5. The van der Waals surface area contributed by atoms with Gasteiger partial charge in [0.15, 0.2) is 0 Å². The molecule has 1 N–H and O–H groups in total. The Kier molecular flexibility index (Phi) is 5.90. The second-order valence-corrected chi connectivity index (χ2v) is 5.95. The van der Waals surface area contributed by atoms with E-state index in [1.54, 1.807) is 0 Å². The molecule has 0 radical (unpaired) electrons. The van der Waals surface area contributed by atoms with Crippen molar-refractivity contribution >= 4 is 0 Å². The number of rotatable bonds is 8. The number of fused-ring (bicyclic) bond motifs is 1. The number of nitrogens with one attached hydrogen (secondary N) is 1. The molecule has 0 fully saturated rings. The number of benzene rings is 1. The standard InChI is InChI=1S/C18H29NO/c1-4-11-19-16(12-14(5-2)6-3)18-13-15-9-7-8-10-17(15)20-18/h7-10,14,16,18-19H,4-6,11-13H2,1-3H3. The Bertz CT molecular complexity index is 375. The van der Waals surface area contributed by atoms with Crippen LogP contribution in [-0.2, 0) is 6.42 Å². The number of para-hydroxylation sites is 1. The Morgan fingerprint density at radius 1 is 1.20 bits per heavy atom. The fraction of sp³-hybridized carbons (Fsp3) is 0.667. The third kappa shape index (κ3) is 3.76. The van der Waals surface area contributed by atoms with Crippen molar-refractivity contribution in [1.82, 2.24) is 5.32 Å². The average Bonchev–Trinajstić information content (AvgIpc) is 2.91. The van der Waals surface area contributed by atoms with E-state index in [1.807, 2.05) is 0 Å². The summed E-state index contributed by atoms with van der Waals surface area (Å²) in [5, 5.41) is 3.72. The van der Waals surface area contributed by atoms with E-state index >= 15 is 0 Å². The van der Waals surface area contributed by atoms with Crippen molar-refractivity contribution in [2.75, 3.05) is 6.54 Å². The predicted molar refractivity (Wildman–Crippen MR) is 85.3 cm³/mol. The van der Waals surface area contributed by atoms with Gasteiger partial charge in [-0.2, -0.15) is 0 Å². The normalized spacial score (nSPS) is 18.9. The van der Waals surface area contributed by atoms with Crippen molar-refractivity contribution in [3.8, 4) is 5.75 Å². The molecule has 0 saturated carbocycles. The first kappa shape index (κ1) is 15.4. The summed E-state index contributed by atoms with van der Waals surface area (Å²) in [6, 6.07) is 8.95. The molecule has 112 valence electrons. The van der Waals surface area contributed by atoms with Crippen LogP contribution in [0.25, 0.3) is 0 Å². The Morgan fingerprint density at radius 2 is 1.95 bits per heavy atom. The number of hydrogen-bond donors (Lipinski definition) is 1. The first-order chi connectivity index (χ1) is 9.78. The monoisotopic (exact) mass is 275 g/mol. The fourth-order valence-corrected chi connectivity index (χ4v) is 3.11. The lowest BCUT2D eigenvalue weighted by Crippen LogP contribution is -2.44. The minimum Gasteiger partial charge on any atom is -0.488 e. The molecule has 2 heteroatoms. The van der Waals surface area contributed by atoms with Crippen LogP contribution in [0.3, 0.4) is 0 Å². The van der Waals surface area contributed by atoms with Gasteiger partial charge in [-0.25, -0.2) is 0 Å². The van der Waals surface area contributed by atoms with Crippen LogP contribution in [0.1, 0.15) is 52.0 Å². The van der Waals surface area contributed by atoms with Gasteiger partial charge in [-0.1, -0.05) is 51.8 Å². The van der Waals surface area contributed by atoms with Crippen LogP contribution in [0.15, 0.2) is 24.3 Å². The second-order valence-electron chi connectivity index (χ2n) is 5.95. The lowest BCUT2D eigenvalue weighted by molar-refractivity contribution is 0.157. The van der Waals surface area contributed by atoms with E-state index in [0.29, 0.717) is 12.1 Å². The fourth-order valence-electron chi connectivity index (χ4n) is 3.11. The highest BCUT2D eigenvalue weighted by Crippen LogP contribution is 2.31. The van der Waals surface area contributed by atoms with E-state index in [1.165, 1.54) is 31.2 Å². The van der Waals surface area contributed by atoms with Gasteiger partial charge >= 0.3 is 0 Å². The second kappa shape index (κ2) is 7.68. The van der Waals surface area contributed by atoms with Crippen LogP contribution in [-0.4, -0.2) is 18.7 Å². The molecule has 0 aliphatic carbocycles. The smallest absolute Gasteiger partial charge is 0.123 e. The highest BCUT2D eigenvalue weighted by Gasteiger charge is 2.30. The van der Waals surface area contributed by atoms with Crippen molar-refractivity contribution in [2.24, 2.45) is 5.92 Å². The molecule has 0 aromatic heterocycles. The molecule has 2 atom stereocenters. The number of ether oxygens (including phenoxy) is 1. The summed E-state index contributed by atoms with van der Waals surface area (Å²) in [6.45, 7) is 7.91. The van der Waals surface area contributed by atoms with Crippen molar-refractivity contribution in [1.29, 1.82) is 0 Å². The van der Waals surface area contributed by atoms with Crippen LogP contribution in [0.5, 0.6) is 5.75 Å². The molecule has 0 spiro atoms. The molecular weight excluding hydrogens is 246 g/mol. The van der Waals surface area contributed by atoms with Gasteiger partial charge in [0.25, 0.3) is 0 Å². The van der Waals surface area contributed by atoms with Gasteiger partial charge in [-0.3, -0.25) is 0 Å². The van der Waals surface area contributed by atoms with Crippen molar-refractivity contribution in [2.45, 2.75) is 65.0 Å². The van der Waals surface area contributed by atoms with E-state index in [2.05, 4.69) is 50.4 Å². The molecule has 1 aromatic rings. The molecule has 0 saturated heterocycles. The topological polar surface area (TPSA) is 21.3 Å². The first-order valence-electron chi connectivity index (χ1n) is 8.26. The lowest BCUT2D eigenvalue weighted by Gasteiger charge is -2.28. The summed E-state index contributed by atoms with van der Waals surface area (Å²) >= 11 is 0. The minimum atomic E-state index is 0.305. The van der Waals surface area contributed by atoms with Crippen LogP contribution < -0.4 is 10.1 Å². The molecule has 2 rings (SSSR count). The SMILES string of the molecule is CCCNC(CC(CC)CC)C1Cc2ccccc2O1. The van der Waals surface area contributed by atoms with Crippen LogP contribution in [0, 0.1) is 5.92 Å². The molecular formula is C18H29NO. The molecule has 1 heterocycles. The van der Waals surface area contributed by atoms with Gasteiger partial charge in [-0.05, 0) is 36.9 Å². The van der Waals surface area contributed by atoms with Gasteiger partial charge in [0.1, 0.15) is 11.9 Å². The van der Waals surface area contributed by atoms with E-state index < -0.39 is 0 Å². The van der Waals surface area contributed by atoms with Gasteiger partial charge in [0.05, 0.1) is 0 Å². The zero-order valence-electron chi connectivity index (χ0n) is 13.2.